The van der Waals surface area contributed by atoms with E-state index in [1.54, 1.807) is 31.2 Å². The van der Waals surface area contributed by atoms with Crippen LogP contribution in [0.5, 0.6) is 0 Å². The number of amides is 1. The molecule has 2 N–H and O–H groups in total. The number of nitrogens with one attached hydrogen (secondary N) is 1. The molecule has 1 aromatic carbocycles. The van der Waals surface area contributed by atoms with Crippen molar-refractivity contribution in [2.45, 2.75) is 13.5 Å². The number of rotatable bonds is 5. The monoisotopic (exact) mass is 285 g/mol. The molecule has 1 aromatic heterocycles. The van der Waals surface area contributed by atoms with Gasteiger partial charge in [0.1, 0.15) is 5.76 Å². The molecule has 0 radical (unpaired) electrons. The lowest BCUT2D eigenvalue weighted by Crippen LogP contribution is -2.22. The fourth-order valence-corrected chi connectivity index (χ4v) is 1.74. The highest BCUT2D eigenvalue weighted by molar-refractivity contribution is 5.91. The van der Waals surface area contributed by atoms with Crippen molar-refractivity contribution in [3.8, 4) is 0 Å². The van der Waals surface area contributed by atoms with Gasteiger partial charge in [0.2, 0.25) is 0 Å². The number of carboxylic acid groups (broad SMARTS) is 1. The Hall–Kier alpha value is -2.82. The van der Waals surface area contributed by atoms with Crippen LogP contribution in [0.25, 0.3) is 6.08 Å². The Morgan fingerprint density at radius 3 is 2.48 bits per heavy atom. The fraction of sp³-hybridized carbons (Fsp3) is 0.125. The van der Waals surface area contributed by atoms with Crippen molar-refractivity contribution in [2.24, 2.45) is 0 Å². The van der Waals surface area contributed by atoms with Gasteiger partial charge in [-0.15, -0.1) is 0 Å². The van der Waals surface area contributed by atoms with Crippen molar-refractivity contribution in [3.63, 3.8) is 0 Å². The molecule has 0 spiro atoms. The summed E-state index contributed by atoms with van der Waals surface area (Å²) in [5.41, 5.74) is 1.70. The first-order chi connectivity index (χ1) is 10.0. The van der Waals surface area contributed by atoms with Gasteiger partial charge in [0.25, 0.3) is 5.91 Å². The quantitative estimate of drug-likeness (QED) is 0.828. The molecular formula is C16H15NO4. The van der Waals surface area contributed by atoms with Crippen LogP contribution in [0.2, 0.25) is 0 Å². The average molecular weight is 285 g/mol. The summed E-state index contributed by atoms with van der Waals surface area (Å²) in [5.74, 6) is -0.277. The molecule has 1 amide bonds. The summed E-state index contributed by atoms with van der Waals surface area (Å²) in [6, 6.07) is 10.6. The van der Waals surface area contributed by atoms with E-state index in [9.17, 15) is 9.59 Å². The Labute approximate surface area is 121 Å². The first kappa shape index (κ1) is 14.6. The smallest absolute Gasteiger partial charge is 0.328 e. The number of carboxylic acids is 1. The molecule has 5 heteroatoms. The van der Waals surface area contributed by atoms with Crippen LogP contribution < -0.4 is 5.32 Å². The number of aryl methyl sites for hydroxylation is 1. The second kappa shape index (κ2) is 6.56. The van der Waals surface area contributed by atoms with Gasteiger partial charge in [-0.3, -0.25) is 4.79 Å². The summed E-state index contributed by atoms with van der Waals surface area (Å²) in [7, 11) is 0. The largest absolute Gasteiger partial charge is 0.478 e. The maximum atomic E-state index is 11.8. The van der Waals surface area contributed by atoms with Crippen LogP contribution in [0, 0.1) is 6.92 Å². The molecule has 0 fully saturated rings. The lowest BCUT2D eigenvalue weighted by Gasteiger charge is -2.04. The van der Waals surface area contributed by atoms with E-state index in [-0.39, 0.29) is 11.7 Å². The van der Waals surface area contributed by atoms with Crippen molar-refractivity contribution >= 4 is 18.0 Å². The van der Waals surface area contributed by atoms with Crippen LogP contribution in [-0.2, 0) is 11.3 Å². The van der Waals surface area contributed by atoms with Crippen molar-refractivity contribution < 1.29 is 19.1 Å². The van der Waals surface area contributed by atoms with E-state index in [0.29, 0.717) is 12.3 Å². The molecule has 0 unspecified atom stereocenters. The van der Waals surface area contributed by atoms with Crippen LogP contribution in [-0.4, -0.2) is 17.0 Å². The molecule has 0 aliphatic carbocycles. The summed E-state index contributed by atoms with van der Waals surface area (Å²) in [6.07, 6.45) is 2.59. The molecule has 21 heavy (non-hydrogen) atoms. The van der Waals surface area contributed by atoms with Crippen LogP contribution >= 0.6 is 0 Å². The maximum Gasteiger partial charge on any atom is 0.328 e. The molecule has 0 bridgehead atoms. The molecule has 2 rings (SSSR count). The Morgan fingerprint density at radius 2 is 1.90 bits per heavy atom. The van der Waals surface area contributed by atoms with Crippen molar-refractivity contribution in [2.75, 3.05) is 0 Å². The summed E-state index contributed by atoms with van der Waals surface area (Å²) < 4.78 is 5.23. The van der Waals surface area contributed by atoms with Crippen LogP contribution in [0.4, 0.5) is 0 Å². The molecule has 0 atom stereocenters. The molecule has 5 nitrogen and oxygen atoms in total. The van der Waals surface area contributed by atoms with Crippen molar-refractivity contribution in [1.29, 1.82) is 0 Å². The zero-order chi connectivity index (χ0) is 15.2. The standard InChI is InChI=1S/C16H15NO4/c1-11-2-8-14(21-11)16(20)17-10-13-5-3-12(4-6-13)7-9-15(18)19/h2-9H,10H2,1H3,(H,17,20)(H,18,19). The molecule has 0 saturated heterocycles. The van der Waals surface area contributed by atoms with Gasteiger partial charge < -0.3 is 14.8 Å². The van der Waals surface area contributed by atoms with Gasteiger partial charge in [0.05, 0.1) is 0 Å². The van der Waals surface area contributed by atoms with Crippen LogP contribution in [0.1, 0.15) is 27.4 Å². The number of aliphatic carboxylic acids is 1. The van der Waals surface area contributed by atoms with Gasteiger partial charge in [-0.2, -0.15) is 0 Å². The number of hydrogen-bond acceptors (Lipinski definition) is 3. The topological polar surface area (TPSA) is 79.5 Å². The highest BCUT2D eigenvalue weighted by atomic mass is 16.4. The molecule has 0 aliphatic heterocycles. The van der Waals surface area contributed by atoms with Crippen LogP contribution in [0.3, 0.4) is 0 Å². The van der Waals surface area contributed by atoms with Gasteiger partial charge in [-0.05, 0) is 36.3 Å². The van der Waals surface area contributed by atoms with E-state index < -0.39 is 5.97 Å². The molecule has 0 saturated carbocycles. The Bertz CT molecular complexity index is 668. The van der Waals surface area contributed by atoms with Gasteiger partial charge in [-0.1, -0.05) is 24.3 Å². The van der Waals surface area contributed by atoms with Crippen LogP contribution in [0.15, 0.2) is 46.9 Å². The van der Waals surface area contributed by atoms with Gasteiger partial charge >= 0.3 is 5.97 Å². The minimum Gasteiger partial charge on any atom is -0.478 e. The Balaban J connectivity index is 1.92. The predicted molar refractivity (Wildman–Crippen MR) is 77.7 cm³/mol. The lowest BCUT2D eigenvalue weighted by molar-refractivity contribution is -0.131. The fourth-order valence-electron chi connectivity index (χ4n) is 1.74. The van der Waals surface area contributed by atoms with E-state index in [1.165, 1.54) is 6.08 Å². The second-order valence-electron chi connectivity index (χ2n) is 4.51. The van der Waals surface area contributed by atoms with E-state index >= 15 is 0 Å². The maximum absolute atomic E-state index is 11.8. The summed E-state index contributed by atoms with van der Waals surface area (Å²) in [4.78, 5) is 22.2. The molecule has 0 aliphatic rings. The van der Waals surface area contributed by atoms with E-state index in [1.807, 2.05) is 12.1 Å². The first-order valence-electron chi connectivity index (χ1n) is 6.39. The number of carbonyl (C=O) groups excluding carboxylic acids is 1. The zero-order valence-corrected chi connectivity index (χ0v) is 11.5. The minimum atomic E-state index is -0.986. The minimum absolute atomic E-state index is 0.266. The van der Waals surface area contributed by atoms with Crippen molar-refractivity contribution in [1.82, 2.24) is 5.32 Å². The average Bonchev–Trinajstić information content (AvgIpc) is 2.90. The third kappa shape index (κ3) is 4.35. The second-order valence-corrected chi connectivity index (χ2v) is 4.51. The van der Waals surface area contributed by atoms with Crippen molar-refractivity contribution in [3.05, 3.63) is 65.1 Å². The van der Waals surface area contributed by atoms with Gasteiger partial charge in [0, 0.05) is 12.6 Å². The summed E-state index contributed by atoms with van der Waals surface area (Å²) >= 11 is 0. The first-order valence-corrected chi connectivity index (χ1v) is 6.39. The van der Waals surface area contributed by atoms with E-state index in [2.05, 4.69) is 5.32 Å². The normalized spacial score (nSPS) is 10.7. The number of carbonyl (C=O) groups is 2. The third-order valence-corrected chi connectivity index (χ3v) is 2.82. The van der Waals surface area contributed by atoms with Gasteiger partial charge in [-0.25, -0.2) is 4.79 Å². The Kier molecular flexibility index (Phi) is 4.56. The SMILES string of the molecule is Cc1ccc(C(=O)NCc2ccc(C=CC(=O)O)cc2)o1. The number of hydrogen-bond donors (Lipinski definition) is 2. The Morgan fingerprint density at radius 1 is 1.19 bits per heavy atom. The predicted octanol–water partition coefficient (Wildman–Crippen LogP) is 2.62. The molecular weight excluding hydrogens is 270 g/mol. The highest BCUT2D eigenvalue weighted by Crippen LogP contribution is 2.08. The third-order valence-electron chi connectivity index (χ3n) is 2.82. The van der Waals surface area contributed by atoms with Gasteiger partial charge in [0.15, 0.2) is 5.76 Å². The lowest BCUT2D eigenvalue weighted by atomic mass is 10.1. The van der Waals surface area contributed by atoms with E-state index in [4.69, 9.17) is 9.52 Å². The molecule has 108 valence electrons. The zero-order valence-electron chi connectivity index (χ0n) is 11.5. The summed E-state index contributed by atoms with van der Waals surface area (Å²) in [6.45, 7) is 2.15. The molecule has 1 heterocycles. The number of furan rings is 1. The molecule has 2 aromatic rings. The highest BCUT2D eigenvalue weighted by Gasteiger charge is 2.08. The van der Waals surface area contributed by atoms with E-state index in [0.717, 1.165) is 17.2 Å². The number of benzene rings is 1. The summed E-state index contributed by atoms with van der Waals surface area (Å²) in [5, 5.41) is 11.3.